The van der Waals surface area contributed by atoms with Crippen LogP contribution in [0.5, 0.6) is 0 Å². The Kier molecular flexibility index (Phi) is 4.23. The molecule has 1 aliphatic heterocycles. The average Bonchev–Trinajstić information content (AvgIpc) is 2.78. The Labute approximate surface area is 105 Å². The molecule has 0 saturated carbocycles. The van der Waals surface area contributed by atoms with E-state index in [1.165, 1.54) is 0 Å². The van der Waals surface area contributed by atoms with Crippen LogP contribution in [-0.2, 0) is 6.54 Å². The number of aromatic nitrogens is 2. The van der Waals surface area contributed by atoms with E-state index in [-0.39, 0.29) is 0 Å². The summed E-state index contributed by atoms with van der Waals surface area (Å²) in [7, 11) is 0. The fraction of sp³-hybridized carbons (Fsp3) is 0.727. The zero-order chi connectivity index (χ0) is 11.4. The minimum absolute atomic E-state index is 0.997. The summed E-state index contributed by atoms with van der Waals surface area (Å²) >= 11 is 3.49. The molecule has 0 N–H and O–H groups in total. The molecule has 5 heteroatoms. The van der Waals surface area contributed by atoms with Gasteiger partial charge in [0.25, 0.3) is 0 Å². The molecule has 0 spiro atoms. The summed E-state index contributed by atoms with van der Waals surface area (Å²) in [4.78, 5) is 9.32. The van der Waals surface area contributed by atoms with Crippen LogP contribution in [0.2, 0.25) is 0 Å². The van der Waals surface area contributed by atoms with Gasteiger partial charge in [0.05, 0.1) is 0 Å². The zero-order valence-electron chi connectivity index (χ0n) is 9.77. The summed E-state index contributed by atoms with van der Waals surface area (Å²) < 4.78 is 2.21. The van der Waals surface area contributed by atoms with Gasteiger partial charge in [-0.05, 0) is 6.92 Å². The Bertz CT molecular complexity index is 318. The van der Waals surface area contributed by atoms with Gasteiger partial charge in [-0.3, -0.25) is 4.90 Å². The van der Waals surface area contributed by atoms with Crippen LogP contribution in [0.25, 0.3) is 0 Å². The molecule has 0 unspecified atom stereocenters. The minimum atomic E-state index is 0.997. The van der Waals surface area contributed by atoms with Gasteiger partial charge in [0.2, 0.25) is 5.95 Å². The van der Waals surface area contributed by atoms with Gasteiger partial charge in [-0.1, -0.05) is 15.9 Å². The molecule has 2 rings (SSSR count). The third kappa shape index (κ3) is 2.58. The van der Waals surface area contributed by atoms with Crippen molar-refractivity contribution < 1.29 is 0 Å². The van der Waals surface area contributed by atoms with Gasteiger partial charge in [-0.15, -0.1) is 0 Å². The summed E-state index contributed by atoms with van der Waals surface area (Å²) in [5, 5.41) is 1.07. The van der Waals surface area contributed by atoms with E-state index in [0.29, 0.717) is 0 Å². The predicted molar refractivity (Wildman–Crippen MR) is 70.3 cm³/mol. The number of rotatable bonds is 4. The number of anilines is 1. The first-order chi connectivity index (χ1) is 7.85. The van der Waals surface area contributed by atoms with Crippen molar-refractivity contribution in [3.05, 3.63) is 12.4 Å². The highest BCUT2D eigenvalue weighted by Crippen LogP contribution is 2.14. The number of imidazole rings is 1. The Morgan fingerprint density at radius 1 is 1.31 bits per heavy atom. The molecular formula is C11H19BrN4. The molecule has 0 aliphatic carbocycles. The van der Waals surface area contributed by atoms with Crippen LogP contribution in [0, 0.1) is 0 Å². The number of alkyl halides is 1. The minimum Gasteiger partial charge on any atom is -0.340 e. The highest BCUT2D eigenvalue weighted by atomic mass is 79.9. The Morgan fingerprint density at radius 2 is 2.06 bits per heavy atom. The van der Waals surface area contributed by atoms with Gasteiger partial charge < -0.3 is 9.47 Å². The van der Waals surface area contributed by atoms with Gasteiger partial charge in [0.1, 0.15) is 0 Å². The van der Waals surface area contributed by atoms with Crippen molar-refractivity contribution in [2.24, 2.45) is 0 Å². The van der Waals surface area contributed by atoms with Crippen molar-refractivity contribution in [2.75, 3.05) is 43.0 Å². The molecule has 0 atom stereocenters. The fourth-order valence-electron chi connectivity index (χ4n) is 2.12. The molecule has 1 saturated heterocycles. The van der Waals surface area contributed by atoms with E-state index in [1.54, 1.807) is 0 Å². The van der Waals surface area contributed by atoms with Crippen LogP contribution in [0.4, 0.5) is 5.95 Å². The van der Waals surface area contributed by atoms with E-state index < -0.39 is 0 Å². The summed E-state index contributed by atoms with van der Waals surface area (Å²) in [6.07, 6.45) is 3.95. The highest BCUT2D eigenvalue weighted by Gasteiger charge is 2.19. The van der Waals surface area contributed by atoms with Gasteiger partial charge in [0, 0.05) is 57.0 Å². The van der Waals surface area contributed by atoms with E-state index in [9.17, 15) is 0 Å². The van der Waals surface area contributed by atoms with Crippen molar-refractivity contribution in [1.29, 1.82) is 0 Å². The molecule has 1 fully saturated rings. The largest absolute Gasteiger partial charge is 0.340 e. The van der Waals surface area contributed by atoms with Crippen molar-refractivity contribution in [3.63, 3.8) is 0 Å². The topological polar surface area (TPSA) is 24.3 Å². The first-order valence-electron chi connectivity index (χ1n) is 5.89. The number of hydrogen-bond donors (Lipinski definition) is 0. The SMILES string of the molecule is CCn1ccnc1N1CCN(CCBr)CC1. The molecule has 1 aromatic rings. The predicted octanol–water partition coefficient (Wildman–Crippen LogP) is 1.42. The highest BCUT2D eigenvalue weighted by molar-refractivity contribution is 9.09. The van der Waals surface area contributed by atoms with E-state index in [2.05, 4.69) is 48.4 Å². The van der Waals surface area contributed by atoms with E-state index in [0.717, 1.165) is 50.5 Å². The lowest BCUT2D eigenvalue weighted by molar-refractivity contribution is 0.272. The second-order valence-electron chi connectivity index (χ2n) is 4.03. The Hall–Kier alpha value is -0.550. The summed E-state index contributed by atoms with van der Waals surface area (Å²) in [5.74, 6) is 1.13. The number of aryl methyl sites for hydroxylation is 1. The number of halogens is 1. The third-order valence-corrected chi connectivity index (χ3v) is 3.44. The van der Waals surface area contributed by atoms with Gasteiger partial charge in [-0.2, -0.15) is 0 Å². The maximum Gasteiger partial charge on any atom is 0.205 e. The zero-order valence-corrected chi connectivity index (χ0v) is 11.4. The second kappa shape index (κ2) is 5.68. The molecule has 0 aromatic carbocycles. The lowest BCUT2D eigenvalue weighted by atomic mass is 10.3. The number of nitrogens with zero attached hydrogens (tertiary/aromatic N) is 4. The molecule has 0 radical (unpaired) electrons. The van der Waals surface area contributed by atoms with Crippen LogP contribution < -0.4 is 4.90 Å². The first-order valence-corrected chi connectivity index (χ1v) is 7.01. The van der Waals surface area contributed by atoms with E-state index >= 15 is 0 Å². The Morgan fingerprint density at radius 3 is 2.69 bits per heavy atom. The Balaban J connectivity index is 1.93. The maximum atomic E-state index is 4.44. The normalized spacial score (nSPS) is 18.0. The maximum absolute atomic E-state index is 4.44. The van der Waals surface area contributed by atoms with Crippen molar-refractivity contribution in [3.8, 4) is 0 Å². The molecule has 2 heterocycles. The second-order valence-corrected chi connectivity index (χ2v) is 4.82. The quantitative estimate of drug-likeness (QED) is 0.783. The molecule has 1 aromatic heterocycles. The molecular weight excluding hydrogens is 268 g/mol. The molecule has 90 valence electrons. The number of piperazine rings is 1. The molecule has 0 bridgehead atoms. The molecule has 4 nitrogen and oxygen atoms in total. The third-order valence-electron chi connectivity index (χ3n) is 3.09. The summed E-state index contributed by atoms with van der Waals surface area (Å²) in [6, 6.07) is 0. The summed E-state index contributed by atoms with van der Waals surface area (Å²) in [5.41, 5.74) is 0. The standard InChI is InChI=1S/C11H19BrN4/c1-2-15-6-4-13-11(15)16-9-7-14(5-3-12)8-10-16/h4,6H,2-3,5,7-10H2,1H3. The fourth-order valence-corrected chi connectivity index (χ4v) is 2.62. The van der Waals surface area contributed by atoms with E-state index in [4.69, 9.17) is 0 Å². The van der Waals surface area contributed by atoms with E-state index in [1.807, 2.05) is 6.20 Å². The van der Waals surface area contributed by atoms with Crippen molar-refractivity contribution in [1.82, 2.24) is 14.5 Å². The van der Waals surface area contributed by atoms with Gasteiger partial charge >= 0.3 is 0 Å². The van der Waals surface area contributed by atoms with Crippen LogP contribution >= 0.6 is 15.9 Å². The van der Waals surface area contributed by atoms with Crippen molar-refractivity contribution in [2.45, 2.75) is 13.5 Å². The first kappa shape index (κ1) is 11.9. The summed E-state index contributed by atoms with van der Waals surface area (Å²) in [6.45, 7) is 8.76. The van der Waals surface area contributed by atoms with Crippen LogP contribution in [0.3, 0.4) is 0 Å². The van der Waals surface area contributed by atoms with Crippen molar-refractivity contribution >= 4 is 21.9 Å². The molecule has 0 amide bonds. The van der Waals surface area contributed by atoms with Gasteiger partial charge in [0.15, 0.2) is 0 Å². The van der Waals surface area contributed by atoms with Crippen LogP contribution in [0.15, 0.2) is 12.4 Å². The molecule has 1 aliphatic rings. The lowest BCUT2D eigenvalue weighted by Gasteiger charge is -2.35. The lowest BCUT2D eigenvalue weighted by Crippen LogP contribution is -2.47. The van der Waals surface area contributed by atoms with Gasteiger partial charge in [-0.25, -0.2) is 4.98 Å². The average molecular weight is 287 g/mol. The number of hydrogen-bond acceptors (Lipinski definition) is 3. The van der Waals surface area contributed by atoms with Crippen LogP contribution in [-0.4, -0.2) is 52.5 Å². The van der Waals surface area contributed by atoms with Crippen LogP contribution in [0.1, 0.15) is 6.92 Å². The molecule has 16 heavy (non-hydrogen) atoms. The smallest absolute Gasteiger partial charge is 0.205 e. The monoisotopic (exact) mass is 286 g/mol.